The van der Waals surface area contributed by atoms with Gasteiger partial charge in [-0.05, 0) is 35.6 Å². The molecule has 0 saturated carbocycles. The third-order valence-corrected chi connectivity index (χ3v) is 5.90. The van der Waals surface area contributed by atoms with Gasteiger partial charge in [-0.25, -0.2) is 0 Å². The first kappa shape index (κ1) is 24.2. The van der Waals surface area contributed by atoms with Crippen LogP contribution in [0.1, 0.15) is 42.0 Å². The second kappa shape index (κ2) is 12.6. The fourth-order valence-corrected chi connectivity index (χ4v) is 3.90. The van der Waals surface area contributed by atoms with Crippen molar-refractivity contribution >= 4 is 11.8 Å². The first-order chi connectivity index (χ1) is 16.1. The molecule has 2 amide bonds. The summed E-state index contributed by atoms with van der Waals surface area (Å²) in [5.41, 5.74) is 4.15. The Morgan fingerprint density at radius 3 is 2.09 bits per heavy atom. The summed E-state index contributed by atoms with van der Waals surface area (Å²) in [7, 11) is 0. The predicted octanol–water partition coefficient (Wildman–Crippen LogP) is 5.09. The second-order valence-corrected chi connectivity index (χ2v) is 8.46. The summed E-state index contributed by atoms with van der Waals surface area (Å²) in [6.07, 6.45) is 2.66. The highest BCUT2D eigenvalue weighted by molar-refractivity contribution is 5.88. The van der Waals surface area contributed by atoms with Gasteiger partial charge in [0.1, 0.15) is 6.04 Å². The molecule has 1 N–H and O–H groups in total. The van der Waals surface area contributed by atoms with Crippen LogP contribution in [0.25, 0.3) is 0 Å². The standard InChI is InChI=1S/C29H34N2O2/c1-3-4-19-30-29(33)27(20-24-14-7-5-8-15-24)31(22-26-18-12-11-13-23(26)2)28(32)21-25-16-9-6-10-17-25/h5-18,27H,3-4,19-22H2,1-2H3,(H,30,33)/t27-/m1/s1. The molecule has 0 aliphatic heterocycles. The highest BCUT2D eigenvalue weighted by atomic mass is 16.2. The molecule has 0 saturated heterocycles. The number of amides is 2. The smallest absolute Gasteiger partial charge is 0.243 e. The van der Waals surface area contributed by atoms with Crippen molar-refractivity contribution in [3.05, 3.63) is 107 Å². The van der Waals surface area contributed by atoms with E-state index in [0.717, 1.165) is 35.1 Å². The SMILES string of the molecule is CCCCNC(=O)[C@@H](Cc1ccccc1)N(Cc1ccccc1C)C(=O)Cc1ccccc1. The summed E-state index contributed by atoms with van der Waals surface area (Å²) >= 11 is 0. The van der Waals surface area contributed by atoms with Crippen LogP contribution in [0, 0.1) is 6.92 Å². The fraction of sp³-hybridized carbons (Fsp3) is 0.310. The molecule has 172 valence electrons. The van der Waals surface area contributed by atoms with Gasteiger partial charge in [0.25, 0.3) is 0 Å². The Bertz CT molecular complexity index is 1020. The van der Waals surface area contributed by atoms with E-state index >= 15 is 0 Å². The first-order valence-corrected chi connectivity index (χ1v) is 11.8. The molecule has 0 aliphatic carbocycles. The average molecular weight is 443 g/mol. The van der Waals surface area contributed by atoms with Crippen LogP contribution in [-0.4, -0.2) is 29.3 Å². The lowest BCUT2D eigenvalue weighted by Gasteiger charge is -2.32. The predicted molar refractivity (Wildman–Crippen MR) is 134 cm³/mol. The number of rotatable bonds is 11. The van der Waals surface area contributed by atoms with Crippen molar-refractivity contribution in [3.8, 4) is 0 Å². The van der Waals surface area contributed by atoms with Crippen LogP contribution in [0.15, 0.2) is 84.9 Å². The Hall–Kier alpha value is -3.40. The maximum Gasteiger partial charge on any atom is 0.243 e. The zero-order valence-electron chi connectivity index (χ0n) is 19.7. The molecule has 0 spiro atoms. The van der Waals surface area contributed by atoms with Gasteiger partial charge in [0.2, 0.25) is 11.8 Å². The average Bonchev–Trinajstić information content (AvgIpc) is 2.83. The number of nitrogens with one attached hydrogen (secondary N) is 1. The molecular formula is C29H34N2O2. The van der Waals surface area contributed by atoms with Crippen molar-refractivity contribution in [1.82, 2.24) is 10.2 Å². The molecule has 33 heavy (non-hydrogen) atoms. The number of hydrogen-bond acceptors (Lipinski definition) is 2. The van der Waals surface area contributed by atoms with Gasteiger partial charge in [0.05, 0.1) is 6.42 Å². The Kier molecular flexibility index (Phi) is 9.25. The molecule has 1 atom stereocenters. The minimum Gasteiger partial charge on any atom is -0.354 e. The molecule has 4 nitrogen and oxygen atoms in total. The number of nitrogens with zero attached hydrogens (tertiary/aromatic N) is 1. The van der Waals surface area contributed by atoms with Crippen molar-refractivity contribution in [1.29, 1.82) is 0 Å². The number of benzene rings is 3. The summed E-state index contributed by atoms with van der Waals surface area (Å²) in [6.45, 7) is 5.16. The minimum absolute atomic E-state index is 0.0453. The van der Waals surface area contributed by atoms with Crippen molar-refractivity contribution in [2.45, 2.75) is 52.1 Å². The van der Waals surface area contributed by atoms with Gasteiger partial charge in [-0.3, -0.25) is 9.59 Å². The summed E-state index contributed by atoms with van der Waals surface area (Å²) < 4.78 is 0. The lowest BCUT2D eigenvalue weighted by Crippen LogP contribution is -2.51. The number of hydrogen-bond donors (Lipinski definition) is 1. The van der Waals surface area contributed by atoms with Gasteiger partial charge in [0, 0.05) is 19.5 Å². The van der Waals surface area contributed by atoms with Crippen molar-refractivity contribution in [2.75, 3.05) is 6.54 Å². The molecule has 3 rings (SSSR count). The molecule has 0 fully saturated rings. The maximum atomic E-state index is 13.6. The van der Waals surface area contributed by atoms with E-state index in [1.807, 2.05) is 91.9 Å². The van der Waals surface area contributed by atoms with E-state index in [9.17, 15) is 9.59 Å². The van der Waals surface area contributed by atoms with Crippen LogP contribution in [0.5, 0.6) is 0 Å². The van der Waals surface area contributed by atoms with E-state index < -0.39 is 6.04 Å². The number of carbonyl (C=O) groups is 2. The molecule has 0 aromatic heterocycles. The van der Waals surface area contributed by atoms with Crippen LogP contribution in [-0.2, 0) is 29.0 Å². The zero-order chi connectivity index (χ0) is 23.5. The van der Waals surface area contributed by atoms with Gasteiger partial charge < -0.3 is 10.2 Å². The third-order valence-electron chi connectivity index (χ3n) is 5.90. The Balaban J connectivity index is 1.94. The van der Waals surface area contributed by atoms with Gasteiger partial charge in [-0.2, -0.15) is 0 Å². The summed E-state index contributed by atoms with van der Waals surface area (Å²) in [5.74, 6) is -0.140. The number of unbranched alkanes of at least 4 members (excludes halogenated alkanes) is 1. The number of aryl methyl sites for hydroxylation is 1. The van der Waals surface area contributed by atoms with E-state index in [4.69, 9.17) is 0 Å². The lowest BCUT2D eigenvalue weighted by molar-refractivity contribution is -0.140. The van der Waals surface area contributed by atoms with Gasteiger partial charge in [-0.1, -0.05) is 98.3 Å². The molecule has 4 heteroatoms. The number of carbonyl (C=O) groups excluding carboxylic acids is 2. The fourth-order valence-electron chi connectivity index (χ4n) is 3.90. The summed E-state index contributed by atoms with van der Waals surface area (Å²) in [5, 5.41) is 3.07. The summed E-state index contributed by atoms with van der Waals surface area (Å²) in [4.78, 5) is 28.8. The lowest BCUT2D eigenvalue weighted by atomic mass is 10.0. The molecule has 3 aromatic rings. The van der Waals surface area contributed by atoms with E-state index in [1.54, 1.807) is 4.90 Å². The van der Waals surface area contributed by atoms with E-state index in [0.29, 0.717) is 19.5 Å². The minimum atomic E-state index is -0.583. The topological polar surface area (TPSA) is 49.4 Å². The van der Waals surface area contributed by atoms with Gasteiger partial charge in [-0.15, -0.1) is 0 Å². The molecule has 3 aromatic carbocycles. The molecule has 0 bridgehead atoms. The van der Waals surface area contributed by atoms with E-state index in [1.165, 1.54) is 0 Å². The maximum absolute atomic E-state index is 13.6. The van der Waals surface area contributed by atoms with E-state index in [-0.39, 0.29) is 18.2 Å². The Morgan fingerprint density at radius 1 is 0.848 bits per heavy atom. The van der Waals surface area contributed by atoms with Crippen molar-refractivity contribution in [3.63, 3.8) is 0 Å². The first-order valence-electron chi connectivity index (χ1n) is 11.8. The Morgan fingerprint density at radius 2 is 1.45 bits per heavy atom. The van der Waals surface area contributed by atoms with Crippen LogP contribution in [0.2, 0.25) is 0 Å². The quantitative estimate of drug-likeness (QED) is 0.420. The summed E-state index contributed by atoms with van der Waals surface area (Å²) in [6, 6.07) is 27.1. The second-order valence-electron chi connectivity index (χ2n) is 8.46. The van der Waals surface area contributed by atoms with Gasteiger partial charge >= 0.3 is 0 Å². The van der Waals surface area contributed by atoms with Crippen molar-refractivity contribution < 1.29 is 9.59 Å². The monoisotopic (exact) mass is 442 g/mol. The van der Waals surface area contributed by atoms with Crippen LogP contribution in [0.4, 0.5) is 0 Å². The zero-order valence-corrected chi connectivity index (χ0v) is 19.7. The van der Waals surface area contributed by atoms with Crippen molar-refractivity contribution in [2.24, 2.45) is 0 Å². The van der Waals surface area contributed by atoms with E-state index in [2.05, 4.69) is 12.2 Å². The highest BCUT2D eigenvalue weighted by Gasteiger charge is 2.30. The Labute approximate surface area is 197 Å². The molecule has 0 aliphatic rings. The van der Waals surface area contributed by atoms with Crippen LogP contribution >= 0.6 is 0 Å². The molecule has 0 unspecified atom stereocenters. The molecule has 0 radical (unpaired) electrons. The highest BCUT2D eigenvalue weighted by Crippen LogP contribution is 2.18. The van der Waals surface area contributed by atoms with Crippen LogP contribution in [0.3, 0.4) is 0 Å². The molecule has 0 heterocycles. The van der Waals surface area contributed by atoms with Gasteiger partial charge in [0.15, 0.2) is 0 Å². The molecular weight excluding hydrogens is 408 g/mol. The largest absolute Gasteiger partial charge is 0.354 e. The van der Waals surface area contributed by atoms with Crippen LogP contribution < -0.4 is 5.32 Å². The normalized spacial score (nSPS) is 11.6. The third kappa shape index (κ3) is 7.31.